The zero-order valence-corrected chi connectivity index (χ0v) is 7.32. The van der Waals surface area contributed by atoms with Crippen LogP contribution in [0.4, 0.5) is 0 Å². The summed E-state index contributed by atoms with van der Waals surface area (Å²) in [5.41, 5.74) is 1.17. The van der Waals surface area contributed by atoms with E-state index in [1.165, 1.54) is 25.0 Å². The van der Waals surface area contributed by atoms with Crippen LogP contribution in [0.5, 0.6) is 0 Å². The minimum absolute atomic E-state index is 0.529. The molecule has 0 spiro atoms. The summed E-state index contributed by atoms with van der Waals surface area (Å²) in [6.45, 7) is 8.37. The molecule has 1 aliphatic heterocycles. The Morgan fingerprint density at radius 1 is 1.73 bits per heavy atom. The van der Waals surface area contributed by atoms with E-state index in [1.807, 2.05) is 0 Å². The number of nitrogens with one attached hydrogen (secondary N) is 2. The summed E-state index contributed by atoms with van der Waals surface area (Å²) < 4.78 is 0. The summed E-state index contributed by atoms with van der Waals surface area (Å²) in [6, 6.07) is 0.529. The second-order valence-corrected chi connectivity index (χ2v) is 3.10. The van der Waals surface area contributed by atoms with E-state index in [-0.39, 0.29) is 0 Å². The Hall–Kier alpha value is -0.500. The molecular formula is C9H18N2. The maximum atomic E-state index is 4.00. The van der Waals surface area contributed by atoms with E-state index in [1.54, 1.807) is 0 Å². The normalized spacial score (nSPS) is 23.5. The summed E-state index contributed by atoms with van der Waals surface area (Å²) in [6.07, 6.45) is 3.71. The molecular weight excluding hydrogens is 136 g/mol. The van der Waals surface area contributed by atoms with Crippen molar-refractivity contribution in [1.82, 2.24) is 10.6 Å². The van der Waals surface area contributed by atoms with Crippen LogP contribution in [0.15, 0.2) is 12.3 Å². The van der Waals surface area contributed by atoms with Crippen molar-refractivity contribution in [2.75, 3.05) is 13.1 Å². The van der Waals surface area contributed by atoms with E-state index in [0.29, 0.717) is 6.04 Å². The van der Waals surface area contributed by atoms with Gasteiger partial charge in [-0.15, -0.1) is 0 Å². The maximum Gasteiger partial charge on any atom is 0.0463 e. The van der Waals surface area contributed by atoms with Gasteiger partial charge in [0, 0.05) is 18.3 Å². The van der Waals surface area contributed by atoms with E-state index in [0.717, 1.165) is 13.1 Å². The molecule has 1 aliphatic rings. The summed E-state index contributed by atoms with van der Waals surface area (Å²) >= 11 is 0. The fourth-order valence-corrected chi connectivity index (χ4v) is 1.39. The fraction of sp³-hybridized carbons (Fsp3) is 0.778. The minimum Gasteiger partial charge on any atom is -0.388 e. The fourth-order valence-electron chi connectivity index (χ4n) is 1.39. The van der Waals surface area contributed by atoms with Gasteiger partial charge >= 0.3 is 0 Å². The average Bonchev–Trinajstić information content (AvgIpc) is 2.52. The predicted molar refractivity (Wildman–Crippen MR) is 48.5 cm³/mol. The van der Waals surface area contributed by atoms with Crippen LogP contribution in [0.2, 0.25) is 0 Å². The van der Waals surface area contributed by atoms with E-state index in [4.69, 9.17) is 0 Å². The molecule has 1 fully saturated rings. The lowest BCUT2D eigenvalue weighted by molar-refractivity contribution is 0.618. The first-order chi connectivity index (χ1) is 5.34. The standard InChI is InChI=1S/C9H18N2/c1-3-6-10-8(2)9-5-4-7-11-9/h9-11H,2-7H2,1H3/t9-/m0/s1. The van der Waals surface area contributed by atoms with E-state index < -0.39 is 0 Å². The first kappa shape index (κ1) is 8.60. The Morgan fingerprint density at radius 2 is 2.55 bits per heavy atom. The van der Waals surface area contributed by atoms with Crippen LogP contribution in [-0.4, -0.2) is 19.1 Å². The van der Waals surface area contributed by atoms with Crippen molar-refractivity contribution >= 4 is 0 Å². The van der Waals surface area contributed by atoms with Crippen LogP contribution in [0.3, 0.4) is 0 Å². The van der Waals surface area contributed by atoms with Crippen molar-refractivity contribution in [3.63, 3.8) is 0 Å². The second-order valence-electron chi connectivity index (χ2n) is 3.10. The summed E-state index contributed by atoms with van der Waals surface area (Å²) in [5.74, 6) is 0. The molecule has 0 amide bonds. The average molecular weight is 154 g/mol. The van der Waals surface area contributed by atoms with Crippen LogP contribution in [-0.2, 0) is 0 Å². The molecule has 0 aromatic heterocycles. The van der Waals surface area contributed by atoms with Gasteiger partial charge in [-0.25, -0.2) is 0 Å². The molecule has 1 heterocycles. The smallest absolute Gasteiger partial charge is 0.0463 e. The Kier molecular flexibility index (Phi) is 3.43. The van der Waals surface area contributed by atoms with Crippen LogP contribution >= 0.6 is 0 Å². The number of hydrogen-bond donors (Lipinski definition) is 2. The molecule has 1 atom stereocenters. The molecule has 2 heteroatoms. The molecule has 0 aliphatic carbocycles. The van der Waals surface area contributed by atoms with Crippen LogP contribution in [0.25, 0.3) is 0 Å². The van der Waals surface area contributed by atoms with Crippen molar-refractivity contribution in [3.8, 4) is 0 Å². The van der Waals surface area contributed by atoms with Gasteiger partial charge in [0.1, 0.15) is 0 Å². The Balaban J connectivity index is 2.17. The van der Waals surface area contributed by atoms with Crippen LogP contribution in [0, 0.1) is 0 Å². The highest BCUT2D eigenvalue weighted by Crippen LogP contribution is 2.09. The van der Waals surface area contributed by atoms with Crippen molar-refractivity contribution in [1.29, 1.82) is 0 Å². The molecule has 0 unspecified atom stereocenters. The van der Waals surface area contributed by atoms with Crippen molar-refractivity contribution in [2.24, 2.45) is 0 Å². The highest BCUT2D eigenvalue weighted by atomic mass is 15.0. The van der Waals surface area contributed by atoms with E-state index in [9.17, 15) is 0 Å². The van der Waals surface area contributed by atoms with Gasteiger partial charge < -0.3 is 10.6 Å². The lowest BCUT2D eigenvalue weighted by Gasteiger charge is -2.15. The molecule has 0 bridgehead atoms. The molecule has 0 aromatic rings. The Bertz CT molecular complexity index is 126. The monoisotopic (exact) mass is 154 g/mol. The molecule has 64 valence electrons. The lowest BCUT2D eigenvalue weighted by atomic mass is 10.2. The maximum absolute atomic E-state index is 4.00. The highest BCUT2D eigenvalue weighted by Gasteiger charge is 2.15. The molecule has 0 saturated carbocycles. The third kappa shape index (κ3) is 2.54. The Morgan fingerprint density at radius 3 is 3.09 bits per heavy atom. The summed E-state index contributed by atoms with van der Waals surface area (Å²) in [4.78, 5) is 0. The third-order valence-corrected chi connectivity index (χ3v) is 2.08. The Labute approximate surface area is 69.1 Å². The van der Waals surface area contributed by atoms with Gasteiger partial charge in [0.25, 0.3) is 0 Å². The zero-order valence-electron chi connectivity index (χ0n) is 7.32. The van der Waals surface area contributed by atoms with Crippen molar-refractivity contribution < 1.29 is 0 Å². The quantitative estimate of drug-likeness (QED) is 0.637. The topological polar surface area (TPSA) is 24.1 Å². The molecule has 2 nitrogen and oxygen atoms in total. The van der Waals surface area contributed by atoms with Crippen molar-refractivity contribution in [2.45, 2.75) is 32.2 Å². The zero-order chi connectivity index (χ0) is 8.10. The lowest BCUT2D eigenvalue weighted by Crippen LogP contribution is -2.31. The highest BCUT2D eigenvalue weighted by molar-refractivity contribution is 5.04. The molecule has 1 rings (SSSR count). The van der Waals surface area contributed by atoms with Crippen LogP contribution in [0.1, 0.15) is 26.2 Å². The minimum atomic E-state index is 0.529. The van der Waals surface area contributed by atoms with Gasteiger partial charge in [-0.2, -0.15) is 0 Å². The van der Waals surface area contributed by atoms with Gasteiger partial charge in [0.15, 0.2) is 0 Å². The van der Waals surface area contributed by atoms with Gasteiger partial charge in [0.05, 0.1) is 0 Å². The van der Waals surface area contributed by atoms with Gasteiger partial charge in [-0.3, -0.25) is 0 Å². The first-order valence-corrected chi connectivity index (χ1v) is 4.50. The van der Waals surface area contributed by atoms with Crippen LogP contribution < -0.4 is 10.6 Å². The van der Waals surface area contributed by atoms with E-state index in [2.05, 4.69) is 24.1 Å². The molecule has 2 N–H and O–H groups in total. The third-order valence-electron chi connectivity index (χ3n) is 2.08. The van der Waals surface area contributed by atoms with Crippen molar-refractivity contribution in [3.05, 3.63) is 12.3 Å². The van der Waals surface area contributed by atoms with Gasteiger partial charge in [-0.1, -0.05) is 13.5 Å². The van der Waals surface area contributed by atoms with E-state index >= 15 is 0 Å². The molecule has 0 radical (unpaired) electrons. The summed E-state index contributed by atoms with van der Waals surface area (Å²) in [7, 11) is 0. The van der Waals surface area contributed by atoms with Gasteiger partial charge in [0.2, 0.25) is 0 Å². The first-order valence-electron chi connectivity index (χ1n) is 4.50. The molecule has 1 saturated heterocycles. The molecule has 11 heavy (non-hydrogen) atoms. The number of rotatable bonds is 4. The molecule has 0 aromatic carbocycles. The largest absolute Gasteiger partial charge is 0.388 e. The number of hydrogen-bond acceptors (Lipinski definition) is 2. The predicted octanol–water partition coefficient (Wildman–Crippen LogP) is 1.25. The van der Waals surface area contributed by atoms with Gasteiger partial charge in [-0.05, 0) is 25.8 Å². The summed E-state index contributed by atoms with van der Waals surface area (Å²) in [5, 5.41) is 6.72. The second kappa shape index (κ2) is 4.39. The SMILES string of the molecule is C=C(NCCC)[C@@H]1CCCN1.